The van der Waals surface area contributed by atoms with Crippen LogP contribution in [0.15, 0.2) is 24.3 Å². The van der Waals surface area contributed by atoms with E-state index in [1.807, 2.05) is 0 Å². The predicted octanol–water partition coefficient (Wildman–Crippen LogP) is 5.21. The molecule has 0 aliphatic heterocycles. The third-order valence-corrected chi connectivity index (χ3v) is 3.85. The average Bonchev–Trinajstić information content (AvgIpc) is 2.27. The first-order chi connectivity index (χ1) is 9.63. The summed E-state index contributed by atoms with van der Waals surface area (Å²) < 4.78 is 40.2. The molecule has 0 aromatic heterocycles. The van der Waals surface area contributed by atoms with Gasteiger partial charge in [-0.05, 0) is 54.9 Å². The predicted molar refractivity (Wildman–Crippen MR) is 77.3 cm³/mol. The second-order valence-electron chi connectivity index (χ2n) is 6.83. The highest BCUT2D eigenvalue weighted by molar-refractivity contribution is 5.47. The molecular formula is C16H22F3NO. The maximum atomic E-state index is 12.1. The molecule has 0 radical (unpaired) electrons. The molecule has 1 fully saturated rings. The van der Waals surface area contributed by atoms with Crippen molar-refractivity contribution in [2.45, 2.75) is 52.4 Å². The summed E-state index contributed by atoms with van der Waals surface area (Å²) in [5, 5.41) is 3.42. The van der Waals surface area contributed by atoms with Crippen LogP contribution in [0.3, 0.4) is 0 Å². The van der Waals surface area contributed by atoms with Crippen LogP contribution in [0.5, 0.6) is 5.75 Å². The minimum Gasteiger partial charge on any atom is -0.406 e. The molecule has 5 heteroatoms. The highest BCUT2D eigenvalue weighted by atomic mass is 19.4. The largest absolute Gasteiger partial charge is 0.573 e. The van der Waals surface area contributed by atoms with E-state index in [0.717, 1.165) is 18.5 Å². The van der Waals surface area contributed by atoms with Crippen LogP contribution in [-0.4, -0.2) is 12.4 Å². The summed E-state index contributed by atoms with van der Waals surface area (Å²) in [7, 11) is 0. The van der Waals surface area contributed by atoms with Gasteiger partial charge in [-0.25, -0.2) is 0 Å². The molecule has 2 rings (SSSR count). The zero-order valence-electron chi connectivity index (χ0n) is 12.6. The third-order valence-electron chi connectivity index (χ3n) is 3.85. The molecule has 1 aromatic carbocycles. The fraction of sp³-hybridized carbons (Fsp3) is 0.625. The second kappa shape index (κ2) is 5.78. The Bertz CT molecular complexity index is 467. The molecule has 2 nitrogen and oxygen atoms in total. The monoisotopic (exact) mass is 301 g/mol. The van der Waals surface area contributed by atoms with Gasteiger partial charge in [-0.1, -0.05) is 20.8 Å². The topological polar surface area (TPSA) is 21.3 Å². The van der Waals surface area contributed by atoms with Gasteiger partial charge in [0.2, 0.25) is 0 Å². The van der Waals surface area contributed by atoms with E-state index in [1.54, 1.807) is 12.1 Å². The van der Waals surface area contributed by atoms with Crippen molar-refractivity contribution in [2.75, 3.05) is 5.32 Å². The van der Waals surface area contributed by atoms with Gasteiger partial charge < -0.3 is 10.1 Å². The molecule has 118 valence electrons. The lowest BCUT2D eigenvalue weighted by atomic mass is 9.70. The minimum atomic E-state index is -4.64. The van der Waals surface area contributed by atoms with Crippen LogP contribution in [0.25, 0.3) is 0 Å². The van der Waals surface area contributed by atoms with Gasteiger partial charge in [0, 0.05) is 11.7 Å². The molecule has 1 N–H and O–H groups in total. The summed E-state index contributed by atoms with van der Waals surface area (Å²) >= 11 is 0. The molecule has 2 unspecified atom stereocenters. The van der Waals surface area contributed by atoms with Crippen molar-refractivity contribution in [3.8, 4) is 5.75 Å². The summed E-state index contributed by atoms with van der Waals surface area (Å²) in [5.41, 5.74) is 1.13. The van der Waals surface area contributed by atoms with Crippen LogP contribution in [0.2, 0.25) is 0 Å². The maximum absolute atomic E-state index is 12.1. The quantitative estimate of drug-likeness (QED) is 0.827. The number of halogens is 3. The third kappa shape index (κ3) is 5.14. The first-order valence-electron chi connectivity index (χ1n) is 7.25. The van der Waals surface area contributed by atoms with Crippen molar-refractivity contribution in [2.24, 2.45) is 11.3 Å². The number of nitrogens with one attached hydrogen (secondary N) is 1. The SMILES string of the molecule is CC1CC(Nc2ccc(OC(F)(F)F)cc2)CC(C)(C)C1. The molecular weight excluding hydrogens is 279 g/mol. The van der Waals surface area contributed by atoms with E-state index >= 15 is 0 Å². The number of hydrogen-bond donors (Lipinski definition) is 1. The number of anilines is 1. The average molecular weight is 301 g/mol. The van der Waals surface area contributed by atoms with Crippen LogP contribution in [0.1, 0.15) is 40.0 Å². The molecule has 0 saturated heterocycles. The van der Waals surface area contributed by atoms with Gasteiger partial charge in [-0.3, -0.25) is 0 Å². The molecule has 0 bridgehead atoms. The van der Waals surface area contributed by atoms with Gasteiger partial charge in [0.15, 0.2) is 0 Å². The Kier molecular flexibility index (Phi) is 4.40. The van der Waals surface area contributed by atoms with Gasteiger partial charge in [-0.2, -0.15) is 0 Å². The summed E-state index contributed by atoms with van der Waals surface area (Å²) in [4.78, 5) is 0. The van der Waals surface area contributed by atoms with E-state index < -0.39 is 6.36 Å². The zero-order valence-corrected chi connectivity index (χ0v) is 12.6. The summed E-state index contributed by atoms with van der Waals surface area (Å²) in [6.07, 6.45) is -1.27. The fourth-order valence-electron chi connectivity index (χ4n) is 3.44. The second-order valence-corrected chi connectivity index (χ2v) is 6.83. The van der Waals surface area contributed by atoms with Gasteiger partial charge in [0.05, 0.1) is 0 Å². The van der Waals surface area contributed by atoms with Crippen molar-refractivity contribution in [1.29, 1.82) is 0 Å². The summed E-state index contributed by atoms with van der Waals surface area (Å²) in [5.74, 6) is 0.462. The standard InChI is InChI=1S/C16H22F3NO/c1-11-8-13(10-15(2,3)9-11)20-12-4-6-14(7-5-12)21-16(17,18)19/h4-7,11,13,20H,8-10H2,1-3H3. The van der Waals surface area contributed by atoms with Gasteiger partial charge in [0.25, 0.3) is 0 Å². The lowest BCUT2D eigenvalue weighted by Gasteiger charge is -2.39. The smallest absolute Gasteiger partial charge is 0.406 e. The van der Waals surface area contributed by atoms with Gasteiger partial charge in [0.1, 0.15) is 5.75 Å². The van der Waals surface area contributed by atoms with E-state index in [0.29, 0.717) is 17.4 Å². The van der Waals surface area contributed by atoms with E-state index in [1.165, 1.54) is 18.6 Å². The van der Waals surface area contributed by atoms with E-state index in [9.17, 15) is 13.2 Å². The van der Waals surface area contributed by atoms with E-state index in [4.69, 9.17) is 0 Å². The first-order valence-corrected chi connectivity index (χ1v) is 7.25. The molecule has 0 spiro atoms. The normalized spacial score (nSPS) is 25.4. The van der Waals surface area contributed by atoms with Gasteiger partial charge >= 0.3 is 6.36 Å². The molecule has 0 amide bonds. The van der Waals surface area contributed by atoms with Crippen LogP contribution in [-0.2, 0) is 0 Å². The van der Waals surface area contributed by atoms with Crippen LogP contribution in [0.4, 0.5) is 18.9 Å². The van der Waals surface area contributed by atoms with Crippen molar-refractivity contribution in [1.82, 2.24) is 0 Å². The molecule has 21 heavy (non-hydrogen) atoms. The summed E-state index contributed by atoms with van der Waals surface area (Å²) in [6, 6.07) is 6.30. The Balaban J connectivity index is 1.97. The van der Waals surface area contributed by atoms with Crippen LogP contribution < -0.4 is 10.1 Å². The molecule has 1 aliphatic carbocycles. The summed E-state index contributed by atoms with van der Waals surface area (Å²) in [6.45, 7) is 6.77. The van der Waals surface area contributed by atoms with Crippen molar-refractivity contribution in [3.05, 3.63) is 24.3 Å². The van der Waals surface area contributed by atoms with Crippen LogP contribution >= 0.6 is 0 Å². The maximum Gasteiger partial charge on any atom is 0.573 e. The Hall–Kier alpha value is -1.39. The van der Waals surface area contributed by atoms with E-state index in [2.05, 4.69) is 30.8 Å². The highest BCUT2D eigenvalue weighted by Crippen LogP contribution is 2.39. The molecule has 0 heterocycles. The van der Waals surface area contributed by atoms with E-state index in [-0.39, 0.29) is 5.75 Å². The van der Waals surface area contributed by atoms with Gasteiger partial charge in [-0.15, -0.1) is 13.2 Å². The number of hydrogen-bond acceptors (Lipinski definition) is 2. The number of alkyl halides is 3. The Morgan fingerprint density at radius 2 is 1.76 bits per heavy atom. The Morgan fingerprint density at radius 3 is 2.29 bits per heavy atom. The minimum absolute atomic E-state index is 0.189. The molecule has 1 aromatic rings. The number of ether oxygens (including phenoxy) is 1. The first kappa shape index (κ1) is 16.0. The fourth-order valence-corrected chi connectivity index (χ4v) is 3.44. The van der Waals surface area contributed by atoms with Crippen molar-refractivity contribution >= 4 is 5.69 Å². The Morgan fingerprint density at radius 1 is 1.14 bits per heavy atom. The molecule has 1 saturated carbocycles. The Labute approximate surface area is 123 Å². The lowest BCUT2D eigenvalue weighted by molar-refractivity contribution is -0.274. The van der Waals surface area contributed by atoms with Crippen molar-refractivity contribution in [3.63, 3.8) is 0 Å². The highest BCUT2D eigenvalue weighted by Gasteiger charge is 2.32. The zero-order chi connectivity index (χ0) is 15.7. The van der Waals surface area contributed by atoms with Crippen molar-refractivity contribution < 1.29 is 17.9 Å². The number of benzene rings is 1. The van der Waals surface area contributed by atoms with Crippen LogP contribution in [0, 0.1) is 11.3 Å². The number of rotatable bonds is 3. The molecule has 2 atom stereocenters. The molecule has 1 aliphatic rings. The lowest BCUT2D eigenvalue weighted by Crippen LogP contribution is -2.35.